The van der Waals surface area contributed by atoms with Gasteiger partial charge in [-0.15, -0.1) is 6.58 Å². The van der Waals surface area contributed by atoms with Gasteiger partial charge in [-0.25, -0.2) is 0 Å². The zero-order chi connectivity index (χ0) is 17.4. The fraction of sp³-hybridized carbons (Fsp3) is 0.800. The summed E-state index contributed by atoms with van der Waals surface area (Å²) >= 11 is 0. The second-order valence-corrected chi connectivity index (χ2v) is 5.50. The highest BCUT2D eigenvalue weighted by Gasteiger charge is 1.88. The summed E-state index contributed by atoms with van der Waals surface area (Å²) in [5, 5.41) is 2.69. The molecule has 0 rings (SSSR count). The van der Waals surface area contributed by atoms with E-state index in [4.69, 9.17) is 0 Å². The molecular formula is C20H45N. The van der Waals surface area contributed by atoms with E-state index < -0.39 is 0 Å². The Morgan fingerprint density at radius 2 is 1.19 bits per heavy atom. The molecule has 0 saturated carbocycles. The van der Waals surface area contributed by atoms with Gasteiger partial charge in [0.1, 0.15) is 0 Å². The third kappa shape index (κ3) is 84.0. The first-order valence-electron chi connectivity index (χ1n) is 8.87. The van der Waals surface area contributed by atoms with Crippen molar-refractivity contribution in [2.24, 2.45) is 5.92 Å². The summed E-state index contributed by atoms with van der Waals surface area (Å²) in [4.78, 5) is 0. The molecule has 0 aliphatic heterocycles. The molecule has 0 aromatic heterocycles. The average molecular weight is 300 g/mol. The summed E-state index contributed by atoms with van der Waals surface area (Å²) in [6.45, 7) is 19.9. The van der Waals surface area contributed by atoms with E-state index in [9.17, 15) is 0 Å². The van der Waals surface area contributed by atoms with Crippen LogP contribution in [-0.2, 0) is 0 Å². The molecule has 0 aliphatic rings. The lowest BCUT2D eigenvalue weighted by molar-refractivity contribution is 0.550. The van der Waals surface area contributed by atoms with Gasteiger partial charge in [0, 0.05) is 7.05 Å². The van der Waals surface area contributed by atoms with E-state index in [1.165, 1.54) is 51.4 Å². The third-order valence-corrected chi connectivity index (χ3v) is 2.55. The largest absolute Gasteiger partial charge is 0.394 e. The van der Waals surface area contributed by atoms with E-state index in [0.717, 1.165) is 5.92 Å². The van der Waals surface area contributed by atoms with Crippen LogP contribution in [0.15, 0.2) is 25.4 Å². The zero-order valence-electron chi connectivity index (χ0n) is 16.3. The van der Waals surface area contributed by atoms with Gasteiger partial charge >= 0.3 is 0 Å². The molecule has 0 fully saturated rings. The van der Waals surface area contributed by atoms with Crippen LogP contribution >= 0.6 is 0 Å². The maximum Gasteiger partial charge on any atom is 0.00275 e. The lowest BCUT2D eigenvalue weighted by atomic mass is 10.1. The van der Waals surface area contributed by atoms with E-state index in [0.29, 0.717) is 0 Å². The highest BCUT2D eigenvalue weighted by molar-refractivity contribution is 4.55. The molecule has 0 aliphatic carbocycles. The van der Waals surface area contributed by atoms with Gasteiger partial charge in [-0.2, -0.15) is 0 Å². The van der Waals surface area contributed by atoms with Gasteiger partial charge in [-0.1, -0.05) is 98.6 Å². The van der Waals surface area contributed by atoms with Crippen LogP contribution in [0.5, 0.6) is 0 Å². The maximum atomic E-state index is 3.37. The summed E-state index contributed by atoms with van der Waals surface area (Å²) in [5.74, 6) is 0.903. The Morgan fingerprint density at radius 1 is 0.857 bits per heavy atom. The fourth-order valence-electron chi connectivity index (χ4n) is 1.29. The predicted octanol–water partition coefficient (Wildman–Crippen LogP) is 7.35. The lowest BCUT2D eigenvalue weighted by Gasteiger charge is -1.98. The Kier molecular flexibility index (Phi) is 49.5. The van der Waals surface area contributed by atoms with Gasteiger partial charge < -0.3 is 5.32 Å². The van der Waals surface area contributed by atoms with Crippen LogP contribution in [0.1, 0.15) is 92.9 Å². The van der Waals surface area contributed by atoms with Crippen LogP contribution in [0.3, 0.4) is 0 Å². The standard InChI is InChI=1S/2C7H16.C3H7N.C3H6/c1-4-5-6-7(2)3;1-3-5-7-6-4-2;1-3-4-2;1-3-2/h7H,4-6H2,1-3H3;3-7H2,1-2H3;3-4H,1H2,2H3;3H,1H2,2H3. The molecule has 0 heterocycles. The second kappa shape index (κ2) is 36.5. The highest BCUT2D eigenvalue weighted by Crippen LogP contribution is 2.04. The van der Waals surface area contributed by atoms with Crippen molar-refractivity contribution >= 4 is 0 Å². The Hall–Kier alpha value is -0.720. The van der Waals surface area contributed by atoms with Crippen molar-refractivity contribution < 1.29 is 0 Å². The summed E-state index contributed by atoms with van der Waals surface area (Å²) in [6.07, 6.45) is 14.5. The molecular weight excluding hydrogens is 254 g/mol. The first-order valence-corrected chi connectivity index (χ1v) is 8.87. The molecule has 0 unspecified atom stereocenters. The molecule has 1 heteroatoms. The zero-order valence-corrected chi connectivity index (χ0v) is 16.3. The quantitative estimate of drug-likeness (QED) is 0.365. The lowest BCUT2D eigenvalue weighted by Crippen LogP contribution is -1.87. The SMILES string of the molecule is C=CC.C=CNC.CCCCC(C)C.CCCCCCC. The van der Waals surface area contributed by atoms with Crippen LogP contribution in [0.2, 0.25) is 0 Å². The smallest absolute Gasteiger partial charge is 0.00275 e. The maximum absolute atomic E-state index is 3.37. The van der Waals surface area contributed by atoms with Crippen molar-refractivity contribution in [2.45, 2.75) is 92.9 Å². The number of allylic oxidation sites excluding steroid dienone is 1. The van der Waals surface area contributed by atoms with E-state index in [2.05, 4.69) is 53.1 Å². The molecule has 0 spiro atoms. The van der Waals surface area contributed by atoms with Gasteiger partial charge in [0.05, 0.1) is 0 Å². The van der Waals surface area contributed by atoms with Crippen LogP contribution < -0.4 is 5.32 Å². The van der Waals surface area contributed by atoms with Crippen LogP contribution in [0.4, 0.5) is 0 Å². The first kappa shape index (κ1) is 28.4. The molecule has 0 aromatic carbocycles. The second-order valence-electron chi connectivity index (χ2n) is 5.50. The average Bonchev–Trinajstić information content (AvgIpc) is 2.47. The number of nitrogens with one attached hydrogen (secondary N) is 1. The van der Waals surface area contributed by atoms with Crippen molar-refractivity contribution in [3.8, 4) is 0 Å². The minimum absolute atomic E-state index is 0.903. The normalized spacial score (nSPS) is 8.19. The Morgan fingerprint density at radius 3 is 1.33 bits per heavy atom. The topological polar surface area (TPSA) is 12.0 Å². The molecule has 0 radical (unpaired) electrons. The van der Waals surface area contributed by atoms with Gasteiger partial charge in [0.15, 0.2) is 0 Å². The van der Waals surface area contributed by atoms with E-state index in [1.807, 2.05) is 14.0 Å². The summed E-state index contributed by atoms with van der Waals surface area (Å²) < 4.78 is 0. The fourth-order valence-corrected chi connectivity index (χ4v) is 1.29. The molecule has 21 heavy (non-hydrogen) atoms. The highest BCUT2D eigenvalue weighted by atomic mass is 14.8. The molecule has 1 N–H and O–H groups in total. The minimum atomic E-state index is 0.903. The molecule has 0 amide bonds. The molecule has 0 bridgehead atoms. The number of hydrogen-bond acceptors (Lipinski definition) is 1. The Balaban J connectivity index is -0.0000000973. The van der Waals surface area contributed by atoms with Gasteiger partial charge in [0.25, 0.3) is 0 Å². The van der Waals surface area contributed by atoms with Crippen molar-refractivity contribution in [3.05, 3.63) is 25.4 Å². The Labute approximate surface area is 137 Å². The summed E-state index contributed by atoms with van der Waals surface area (Å²) in [6, 6.07) is 0. The van der Waals surface area contributed by atoms with E-state index in [-0.39, 0.29) is 0 Å². The van der Waals surface area contributed by atoms with E-state index in [1.54, 1.807) is 12.3 Å². The minimum Gasteiger partial charge on any atom is -0.394 e. The molecule has 1 nitrogen and oxygen atoms in total. The third-order valence-electron chi connectivity index (χ3n) is 2.55. The predicted molar refractivity (Wildman–Crippen MR) is 104 cm³/mol. The van der Waals surface area contributed by atoms with Crippen molar-refractivity contribution in [1.29, 1.82) is 0 Å². The Bertz CT molecular complexity index is 146. The van der Waals surface area contributed by atoms with Gasteiger partial charge in [-0.3, -0.25) is 0 Å². The van der Waals surface area contributed by atoms with Crippen LogP contribution in [-0.4, -0.2) is 7.05 Å². The molecule has 0 saturated heterocycles. The van der Waals surface area contributed by atoms with Crippen LogP contribution in [0.25, 0.3) is 0 Å². The van der Waals surface area contributed by atoms with E-state index >= 15 is 0 Å². The van der Waals surface area contributed by atoms with Crippen molar-refractivity contribution in [1.82, 2.24) is 5.32 Å². The number of hydrogen-bond donors (Lipinski definition) is 1. The molecule has 0 atom stereocenters. The number of rotatable bonds is 8. The van der Waals surface area contributed by atoms with Crippen molar-refractivity contribution in [3.63, 3.8) is 0 Å². The monoisotopic (exact) mass is 299 g/mol. The van der Waals surface area contributed by atoms with Gasteiger partial charge in [0.2, 0.25) is 0 Å². The number of unbranched alkanes of at least 4 members (excludes halogenated alkanes) is 5. The molecule has 130 valence electrons. The molecule has 0 aromatic rings. The summed E-state index contributed by atoms with van der Waals surface area (Å²) in [7, 11) is 1.81. The van der Waals surface area contributed by atoms with Crippen molar-refractivity contribution in [2.75, 3.05) is 7.05 Å². The van der Waals surface area contributed by atoms with Crippen LogP contribution in [0, 0.1) is 5.92 Å². The van der Waals surface area contributed by atoms with Gasteiger partial charge in [-0.05, 0) is 19.0 Å². The summed E-state index contributed by atoms with van der Waals surface area (Å²) in [5.41, 5.74) is 0. The first-order chi connectivity index (χ1) is 10.0.